The summed E-state index contributed by atoms with van der Waals surface area (Å²) in [5.74, 6) is 1.27. The summed E-state index contributed by atoms with van der Waals surface area (Å²) in [6.07, 6.45) is 1.87. The van der Waals surface area contributed by atoms with Crippen LogP contribution in [0.5, 0.6) is 11.6 Å². The zero-order chi connectivity index (χ0) is 15.0. The molecule has 21 heavy (non-hydrogen) atoms. The van der Waals surface area contributed by atoms with Crippen LogP contribution in [0.3, 0.4) is 0 Å². The van der Waals surface area contributed by atoms with E-state index in [0.29, 0.717) is 11.6 Å². The predicted octanol–water partition coefficient (Wildman–Crippen LogP) is 3.54. The van der Waals surface area contributed by atoms with Gasteiger partial charge in [0.1, 0.15) is 17.1 Å². The highest BCUT2D eigenvalue weighted by atomic mass is 16.5. The van der Waals surface area contributed by atoms with Crippen LogP contribution in [-0.4, -0.2) is 14.5 Å². The molecule has 108 valence electrons. The van der Waals surface area contributed by atoms with Gasteiger partial charge in [-0.05, 0) is 49.6 Å². The first-order valence-electron chi connectivity index (χ1n) is 6.93. The number of imidazole rings is 1. The molecule has 2 heterocycles. The molecule has 0 atom stereocenters. The van der Waals surface area contributed by atoms with Crippen molar-refractivity contribution in [1.82, 2.24) is 9.38 Å². The van der Waals surface area contributed by atoms with Crippen molar-refractivity contribution < 1.29 is 9.84 Å². The molecule has 0 unspecified atom stereocenters. The Hall–Kier alpha value is -2.33. The minimum absolute atomic E-state index is 0.121. The summed E-state index contributed by atoms with van der Waals surface area (Å²) in [5.41, 5.74) is 4.74. The largest absolute Gasteiger partial charge is 0.437 e. The Morgan fingerprint density at radius 1 is 1.10 bits per heavy atom. The second-order valence-electron chi connectivity index (χ2n) is 5.21. The third-order valence-corrected chi connectivity index (χ3v) is 3.81. The number of benzene rings is 1. The highest BCUT2D eigenvalue weighted by molar-refractivity contribution is 5.50. The van der Waals surface area contributed by atoms with Crippen molar-refractivity contribution in [3.63, 3.8) is 0 Å². The predicted molar refractivity (Wildman–Crippen MR) is 81.8 cm³/mol. The van der Waals surface area contributed by atoms with Crippen LogP contribution in [-0.2, 0) is 6.61 Å². The summed E-state index contributed by atoms with van der Waals surface area (Å²) in [6, 6.07) is 9.82. The molecule has 0 aliphatic rings. The number of rotatable bonds is 3. The Morgan fingerprint density at radius 3 is 2.62 bits per heavy atom. The molecule has 1 N–H and O–H groups in total. The van der Waals surface area contributed by atoms with Gasteiger partial charge >= 0.3 is 0 Å². The van der Waals surface area contributed by atoms with Crippen LogP contribution in [0.1, 0.15) is 22.4 Å². The Kier molecular flexibility index (Phi) is 3.39. The molecular weight excluding hydrogens is 264 g/mol. The molecule has 0 spiro atoms. The maximum absolute atomic E-state index is 9.64. The van der Waals surface area contributed by atoms with Crippen LogP contribution < -0.4 is 4.74 Å². The molecule has 4 nitrogen and oxygen atoms in total. The van der Waals surface area contributed by atoms with Gasteiger partial charge in [-0.15, -0.1) is 0 Å². The first-order valence-corrected chi connectivity index (χ1v) is 6.93. The smallest absolute Gasteiger partial charge is 0.243 e. The van der Waals surface area contributed by atoms with Gasteiger partial charge in [0.05, 0.1) is 6.61 Å². The first kappa shape index (κ1) is 13.6. The average molecular weight is 282 g/mol. The number of nitrogens with zero attached hydrogens (tertiary/aromatic N) is 2. The minimum Gasteiger partial charge on any atom is -0.437 e. The van der Waals surface area contributed by atoms with Crippen molar-refractivity contribution in [2.45, 2.75) is 27.4 Å². The van der Waals surface area contributed by atoms with Crippen LogP contribution in [0.4, 0.5) is 0 Å². The molecule has 3 aromatic rings. The van der Waals surface area contributed by atoms with Crippen molar-refractivity contribution in [2.75, 3.05) is 0 Å². The highest BCUT2D eigenvalue weighted by Crippen LogP contribution is 2.32. The maximum atomic E-state index is 9.64. The van der Waals surface area contributed by atoms with Gasteiger partial charge < -0.3 is 9.84 Å². The Labute approximate surface area is 123 Å². The second-order valence-corrected chi connectivity index (χ2v) is 5.21. The topological polar surface area (TPSA) is 46.8 Å². The lowest BCUT2D eigenvalue weighted by atomic mass is 10.1. The van der Waals surface area contributed by atoms with Crippen molar-refractivity contribution in [3.05, 3.63) is 58.9 Å². The van der Waals surface area contributed by atoms with E-state index < -0.39 is 0 Å². The molecule has 3 rings (SSSR count). The number of ether oxygens (including phenoxy) is 1. The lowest BCUT2D eigenvalue weighted by Crippen LogP contribution is -1.97. The van der Waals surface area contributed by atoms with E-state index in [-0.39, 0.29) is 6.61 Å². The van der Waals surface area contributed by atoms with Crippen LogP contribution in [0.25, 0.3) is 5.65 Å². The fourth-order valence-electron chi connectivity index (χ4n) is 2.43. The molecule has 2 aromatic heterocycles. The molecule has 0 aliphatic carbocycles. The molecule has 0 saturated carbocycles. The summed E-state index contributed by atoms with van der Waals surface area (Å²) >= 11 is 0. The van der Waals surface area contributed by atoms with Crippen LogP contribution in [0.2, 0.25) is 0 Å². The standard InChI is InChI=1S/C17H18N2O2/c1-11-7-8-12(2)16(13(11)3)21-17-14(10-20)19-9-5-4-6-15(19)18-17/h4-9,20H,10H2,1-3H3. The van der Waals surface area contributed by atoms with Gasteiger partial charge in [0.25, 0.3) is 0 Å². The van der Waals surface area contributed by atoms with E-state index in [1.54, 1.807) is 0 Å². The summed E-state index contributed by atoms with van der Waals surface area (Å²) in [6.45, 7) is 5.98. The van der Waals surface area contributed by atoms with Crippen molar-refractivity contribution in [3.8, 4) is 11.6 Å². The Balaban J connectivity index is 2.12. The zero-order valence-corrected chi connectivity index (χ0v) is 12.4. The number of aliphatic hydroxyl groups excluding tert-OH is 1. The molecule has 1 aromatic carbocycles. The van der Waals surface area contributed by atoms with Gasteiger partial charge in [0.2, 0.25) is 5.88 Å². The third-order valence-electron chi connectivity index (χ3n) is 3.81. The van der Waals surface area contributed by atoms with E-state index in [9.17, 15) is 5.11 Å². The number of aryl methyl sites for hydroxylation is 2. The number of aromatic nitrogens is 2. The average Bonchev–Trinajstić information content (AvgIpc) is 2.84. The van der Waals surface area contributed by atoms with E-state index in [0.717, 1.165) is 22.5 Å². The van der Waals surface area contributed by atoms with E-state index >= 15 is 0 Å². The van der Waals surface area contributed by atoms with Gasteiger partial charge in [0.15, 0.2) is 0 Å². The second kappa shape index (κ2) is 5.22. The van der Waals surface area contributed by atoms with Gasteiger partial charge in [-0.3, -0.25) is 4.40 Å². The fourth-order valence-corrected chi connectivity index (χ4v) is 2.43. The van der Waals surface area contributed by atoms with Crippen LogP contribution >= 0.6 is 0 Å². The van der Waals surface area contributed by atoms with E-state index in [4.69, 9.17) is 4.74 Å². The molecular formula is C17H18N2O2. The lowest BCUT2D eigenvalue weighted by molar-refractivity contribution is 0.269. The normalized spacial score (nSPS) is 11.0. The van der Waals surface area contributed by atoms with Gasteiger partial charge in [-0.25, -0.2) is 0 Å². The minimum atomic E-state index is -0.121. The summed E-state index contributed by atoms with van der Waals surface area (Å²) < 4.78 is 7.88. The van der Waals surface area contributed by atoms with Crippen molar-refractivity contribution in [1.29, 1.82) is 0 Å². The Morgan fingerprint density at radius 2 is 1.86 bits per heavy atom. The number of pyridine rings is 1. The van der Waals surface area contributed by atoms with E-state index in [2.05, 4.69) is 18.0 Å². The monoisotopic (exact) mass is 282 g/mol. The maximum Gasteiger partial charge on any atom is 0.243 e. The Bertz CT molecular complexity index is 806. The first-order chi connectivity index (χ1) is 10.1. The molecule has 0 aliphatic heterocycles. The van der Waals surface area contributed by atoms with E-state index in [1.165, 1.54) is 5.56 Å². The van der Waals surface area contributed by atoms with Crippen LogP contribution in [0, 0.1) is 20.8 Å². The number of fused-ring (bicyclic) bond motifs is 1. The summed E-state index contributed by atoms with van der Waals surface area (Å²) in [7, 11) is 0. The molecule has 0 bridgehead atoms. The zero-order valence-electron chi connectivity index (χ0n) is 12.4. The molecule has 4 heteroatoms. The van der Waals surface area contributed by atoms with Gasteiger partial charge in [0, 0.05) is 6.20 Å². The summed E-state index contributed by atoms with van der Waals surface area (Å²) in [4.78, 5) is 4.47. The number of hydrogen-bond donors (Lipinski definition) is 1. The SMILES string of the molecule is Cc1ccc(C)c(Oc2nc3ccccn3c2CO)c1C. The lowest BCUT2D eigenvalue weighted by Gasteiger charge is -2.12. The van der Waals surface area contributed by atoms with Gasteiger partial charge in [-0.2, -0.15) is 4.98 Å². The molecule has 0 radical (unpaired) electrons. The third kappa shape index (κ3) is 2.28. The van der Waals surface area contributed by atoms with Crippen molar-refractivity contribution in [2.24, 2.45) is 0 Å². The highest BCUT2D eigenvalue weighted by Gasteiger charge is 2.15. The summed E-state index contributed by atoms with van der Waals surface area (Å²) in [5, 5.41) is 9.64. The molecule has 0 amide bonds. The van der Waals surface area contributed by atoms with E-state index in [1.807, 2.05) is 48.7 Å². The number of aliphatic hydroxyl groups is 1. The van der Waals surface area contributed by atoms with Crippen molar-refractivity contribution >= 4 is 5.65 Å². The van der Waals surface area contributed by atoms with Gasteiger partial charge in [-0.1, -0.05) is 18.2 Å². The molecule has 0 fully saturated rings. The fraction of sp³-hybridized carbons (Fsp3) is 0.235. The quantitative estimate of drug-likeness (QED) is 0.799. The van der Waals surface area contributed by atoms with Crippen LogP contribution in [0.15, 0.2) is 36.5 Å². The number of hydrogen-bond acceptors (Lipinski definition) is 3. The molecule has 0 saturated heterocycles.